The van der Waals surface area contributed by atoms with E-state index in [-0.39, 0.29) is 37.4 Å². The lowest BCUT2D eigenvalue weighted by molar-refractivity contribution is -0.150. The molecule has 1 unspecified atom stereocenters. The molecule has 7 nitrogen and oxygen atoms in total. The third-order valence-electron chi connectivity index (χ3n) is 4.36. The van der Waals surface area contributed by atoms with Crippen molar-refractivity contribution in [1.29, 1.82) is 0 Å². The van der Waals surface area contributed by atoms with E-state index in [0.717, 1.165) is 12.8 Å². The van der Waals surface area contributed by atoms with Crippen LogP contribution in [-0.4, -0.2) is 53.0 Å². The lowest BCUT2D eigenvalue weighted by Crippen LogP contribution is -2.47. The van der Waals surface area contributed by atoms with Gasteiger partial charge in [0.25, 0.3) is 5.91 Å². The second-order valence-corrected chi connectivity index (χ2v) is 6.10. The summed E-state index contributed by atoms with van der Waals surface area (Å²) in [6, 6.07) is 6.34. The minimum absolute atomic E-state index is 0.0104. The Labute approximate surface area is 139 Å². The van der Waals surface area contributed by atoms with Crippen molar-refractivity contribution in [1.82, 2.24) is 4.90 Å². The van der Waals surface area contributed by atoms with Gasteiger partial charge in [-0.1, -0.05) is 12.1 Å². The predicted octanol–water partition coefficient (Wildman–Crippen LogP) is 1.27. The zero-order valence-corrected chi connectivity index (χ0v) is 13.5. The van der Waals surface area contributed by atoms with Crippen LogP contribution in [0, 0.1) is 0 Å². The van der Waals surface area contributed by atoms with Gasteiger partial charge < -0.3 is 19.6 Å². The molecule has 128 valence electrons. The molecule has 3 rings (SSSR count). The number of aliphatic carboxylic acids is 1. The summed E-state index contributed by atoms with van der Waals surface area (Å²) < 4.78 is 5.37. The van der Waals surface area contributed by atoms with Gasteiger partial charge >= 0.3 is 5.97 Å². The molecule has 1 heterocycles. The van der Waals surface area contributed by atoms with Gasteiger partial charge in [-0.2, -0.15) is 0 Å². The van der Waals surface area contributed by atoms with Gasteiger partial charge in [-0.05, 0) is 31.9 Å². The molecule has 0 saturated heterocycles. The Balaban J connectivity index is 1.69. The standard InChI is InChI=1S/C17H20N2O5/c1-11(17(22)23)19(12-6-7-12)15(20)8-9-18-13-4-2-3-5-14(13)24-10-16(18)21/h2-5,11-12H,6-10H2,1H3,(H,22,23). The molecule has 1 aromatic rings. The molecule has 0 aromatic heterocycles. The molecule has 1 atom stereocenters. The zero-order chi connectivity index (χ0) is 17.3. The van der Waals surface area contributed by atoms with Crippen LogP contribution in [0.3, 0.4) is 0 Å². The average Bonchev–Trinajstić information content (AvgIpc) is 3.38. The number of fused-ring (bicyclic) bond motifs is 1. The fourth-order valence-electron chi connectivity index (χ4n) is 2.94. The summed E-state index contributed by atoms with van der Waals surface area (Å²) in [4.78, 5) is 38.8. The number of hydrogen-bond donors (Lipinski definition) is 1. The minimum Gasteiger partial charge on any atom is -0.482 e. The molecule has 1 aliphatic heterocycles. The second kappa shape index (κ2) is 6.51. The first-order chi connectivity index (χ1) is 11.5. The predicted molar refractivity (Wildman–Crippen MR) is 85.9 cm³/mol. The van der Waals surface area contributed by atoms with Crippen molar-refractivity contribution < 1.29 is 24.2 Å². The quantitative estimate of drug-likeness (QED) is 0.847. The van der Waals surface area contributed by atoms with E-state index < -0.39 is 12.0 Å². The highest BCUT2D eigenvalue weighted by Crippen LogP contribution is 2.32. The SMILES string of the molecule is CC(C(=O)O)N(C(=O)CCN1C(=O)COc2ccccc21)C1CC1. The van der Waals surface area contributed by atoms with Crippen LogP contribution in [0.2, 0.25) is 0 Å². The van der Waals surface area contributed by atoms with E-state index in [1.165, 1.54) is 16.7 Å². The summed E-state index contributed by atoms with van der Waals surface area (Å²) in [6.45, 7) is 1.68. The van der Waals surface area contributed by atoms with E-state index in [1.807, 2.05) is 6.07 Å². The third kappa shape index (κ3) is 3.20. The molecule has 0 bridgehead atoms. The number of amides is 2. The fourth-order valence-corrected chi connectivity index (χ4v) is 2.94. The van der Waals surface area contributed by atoms with E-state index in [9.17, 15) is 19.5 Å². The number of carboxylic acids is 1. The Kier molecular flexibility index (Phi) is 4.42. The van der Waals surface area contributed by atoms with Crippen LogP contribution < -0.4 is 9.64 Å². The van der Waals surface area contributed by atoms with Gasteiger partial charge in [0.05, 0.1) is 5.69 Å². The lowest BCUT2D eigenvalue weighted by Gasteiger charge is -2.31. The Bertz CT molecular complexity index is 671. The number of anilines is 1. The van der Waals surface area contributed by atoms with Gasteiger partial charge in [0.1, 0.15) is 11.8 Å². The van der Waals surface area contributed by atoms with Crippen molar-refractivity contribution in [3.8, 4) is 5.75 Å². The lowest BCUT2D eigenvalue weighted by atomic mass is 10.2. The maximum Gasteiger partial charge on any atom is 0.326 e. The topological polar surface area (TPSA) is 87.2 Å². The van der Waals surface area contributed by atoms with Crippen LogP contribution in [0.25, 0.3) is 0 Å². The number of hydrogen-bond acceptors (Lipinski definition) is 4. The summed E-state index contributed by atoms with van der Waals surface area (Å²) in [5.41, 5.74) is 0.644. The Morgan fingerprint density at radius 2 is 2.08 bits per heavy atom. The number of ether oxygens (including phenoxy) is 1. The Morgan fingerprint density at radius 3 is 2.75 bits per heavy atom. The molecule has 0 radical (unpaired) electrons. The van der Waals surface area contributed by atoms with Gasteiger partial charge in [0.2, 0.25) is 5.91 Å². The van der Waals surface area contributed by atoms with Crippen LogP contribution in [0.4, 0.5) is 5.69 Å². The molecule has 7 heteroatoms. The van der Waals surface area contributed by atoms with Gasteiger partial charge in [-0.25, -0.2) is 4.79 Å². The molecule has 2 aliphatic rings. The van der Waals surface area contributed by atoms with Crippen LogP contribution in [0.1, 0.15) is 26.2 Å². The van der Waals surface area contributed by atoms with Gasteiger partial charge in [0, 0.05) is 19.0 Å². The number of carbonyl (C=O) groups excluding carboxylic acids is 2. The fraction of sp³-hybridized carbons (Fsp3) is 0.471. The van der Waals surface area contributed by atoms with Crippen molar-refractivity contribution in [2.24, 2.45) is 0 Å². The second-order valence-electron chi connectivity index (χ2n) is 6.10. The molecule has 1 aliphatic carbocycles. The van der Waals surface area contributed by atoms with Crippen LogP contribution in [0.5, 0.6) is 5.75 Å². The highest BCUT2D eigenvalue weighted by Gasteiger charge is 2.38. The molecule has 1 fully saturated rings. The first-order valence-electron chi connectivity index (χ1n) is 8.05. The van der Waals surface area contributed by atoms with Crippen molar-refractivity contribution in [2.75, 3.05) is 18.1 Å². The maximum absolute atomic E-state index is 12.5. The van der Waals surface area contributed by atoms with Gasteiger partial charge in [-0.15, -0.1) is 0 Å². The molecule has 1 aromatic carbocycles. The smallest absolute Gasteiger partial charge is 0.326 e. The Hall–Kier alpha value is -2.57. The third-order valence-corrected chi connectivity index (χ3v) is 4.36. The van der Waals surface area contributed by atoms with Crippen LogP contribution >= 0.6 is 0 Å². The highest BCUT2D eigenvalue weighted by molar-refractivity contribution is 5.98. The number of nitrogens with zero attached hydrogens (tertiary/aromatic N) is 2. The summed E-state index contributed by atoms with van der Waals surface area (Å²) >= 11 is 0. The number of benzene rings is 1. The minimum atomic E-state index is -1.01. The molecular weight excluding hydrogens is 312 g/mol. The highest BCUT2D eigenvalue weighted by atomic mass is 16.5. The normalized spacial score (nSPS) is 17.7. The van der Waals surface area contributed by atoms with Crippen molar-refractivity contribution in [2.45, 2.75) is 38.3 Å². The Morgan fingerprint density at radius 1 is 1.38 bits per heavy atom. The molecule has 0 spiro atoms. The first-order valence-corrected chi connectivity index (χ1v) is 8.05. The first kappa shape index (κ1) is 16.3. The van der Waals surface area contributed by atoms with E-state index >= 15 is 0 Å². The molecule has 1 saturated carbocycles. The monoisotopic (exact) mass is 332 g/mol. The molecule has 1 N–H and O–H groups in total. The van der Waals surface area contributed by atoms with Crippen molar-refractivity contribution in [3.63, 3.8) is 0 Å². The largest absolute Gasteiger partial charge is 0.482 e. The summed E-state index contributed by atoms with van der Waals surface area (Å²) in [5, 5.41) is 9.19. The molecular formula is C17H20N2O5. The van der Waals surface area contributed by atoms with E-state index in [4.69, 9.17) is 4.74 Å². The molecule has 24 heavy (non-hydrogen) atoms. The van der Waals surface area contributed by atoms with Gasteiger partial charge in [-0.3, -0.25) is 9.59 Å². The summed E-state index contributed by atoms with van der Waals surface area (Å²) in [6.07, 6.45) is 1.76. The van der Waals surface area contributed by atoms with Crippen LogP contribution in [0.15, 0.2) is 24.3 Å². The zero-order valence-electron chi connectivity index (χ0n) is 13.5. The van der Waals surface area contributed by atoms with E-state index in [1.54, 1.807) is 18.2 Å². The summed E-state index contributed by atoms with van der Waals surface area (Å²) in [7, 11) is 0. The number of carbonyl (C=O) groups is 3. The number of para-hydroxylation sites is 2. The number of rotatable bonds is 6. The van der Waals surface area contributed by atoms with E-state index in [2.05, 4.69) is 0 Å². The van der Waals surface area contributed by atoms with Crippen LogP contribution in [-0.2, 0) is 14.4 Å². The summed E-state index contributed by atoms with van der Waals surface area (Å²) in [5.74, 6) is -0.833. The number of carboxylic acid groups (broad SMARTS) is 1. The van der Waals surface area contributed by atoms with E-state index in [0.29, 0.717) is 11.4 Å². The van der Waals surface area contributed by atoms with Crippen molar-refractivity contribution >= 4 is 23.5 Å². The van der Waals surface area contributed by atoms with Gasteiger partial charge in [0.15, 0.2) is 6.61 Å². The maximum atomic E-state index is 12.5. The average molecular weight is 332 g/mol. The molecule has 2 amide bonds. The van der Waals surface area contributed by atoms with Crippen molar-refractivity contribution in [3.05, 3.63) is 24.3 Å².